The minimum Gasteiger partial charge on any atom is -0.301 e. The highest BCUT2D eigenvalue weighted by Crippen LogP contribution is 2.24. The van der Waals surface area contributed by atoms with Crippen molar-refractivity contribution in [3.8, 4) is 0 Å². The third-order valence-electron chi connectivity index (χ3n) is 3.82. The number of nitrogens with zero attached hydrogens (tertiary/aromatic N) is 1. The summed E-state index contributed by atoms with van der Waals surface area (Å²) in [6.45, 7) is 4.68. The van der Waals surface area contributed by atoms with Gasteiger partial charge in [-0.25, -0.2) is 0 Å². The Labute approximate surface area is 89.9 Å². The first-order chi connectivity index (χ1) is 6.75. The molecule has 0 saturated heterocycles. The Balaban J connectivity index is 2.26. The molecule has 0 N–H and O–H groups in total. The summed E-state index contributed by atoms with van der Waals surface area (Å²) < 4.78 is 0. The van der Waals surface area contributed by atoms with Crippen LogP contribution in [0.1, 0.15) is 65.2 Å². The normalized spacial score (nSPS) is 21.4. The van der Waals surface area contributed by atoms with Gasteiger partial charge >= 0.3 is 0 Å². The van der Waals surface area contributed by atoms with E-state index >= 15 is 0 Å². The van der Waals surface area contributed by atoms with E-state index in [9.17, 15) is 0 Å². The van der Waals surface area contributed by atoms with Crippen LogP contribution in [0.2, 0.25) is 0 Å². The van der Waals surface area contributed by atoms with Crippen molar-refractivity contribution in [2.75, 3.05) is 7.05 Å². The third kappa shape index (κ3) is 3.61. The molecular weight excluding hydrogens is 170 g/mol. The van der Waals surface area contributed by atoms with E-state index in [-0.39, 0.29) is 0 Å². The summed E-state index contributed by atoms with van der Waals surface area (Å²) in [5.41, 5.74) is 0. The molecule has 1 fully saturated rings. The molecule has 1 aliphatic rings. The Morgan fingerprint density at radius 3 is 2.43 bits per heavy atom. The number of hydrogen-bond acceptors (Lipinski definition) is 1. The smallest absolute Gasteiger partial charge is 0.00950 e. The van der Waals surface area contributed by atoms with Crippen LogP contribution in [0.4, 0.5) is 0 Å². The molecule has 84 valence electrons. The first-order valence-corrected chi connectivity index (χ1v) is 6.47. The zero-order chi connectivity index (χ0) is 10.4. The average Bonchev–Trinajstić information content (AvgIpc) is 2.26. The minimum absolute atomic E-state index is 0.790. The molecule has 0 spiro atoms. The van der Waals surface area contributed by atoms with Crippen LogP contribution in [0, 0.1) is 0 Å². The first kappa shape index (κ1) is 12.0. The molecule has 1 nitrogen and oxygen atoms in total. The molecule has 0 bridgehead atoms. The lowest BCUT2D eigenvalue weighted by molar-refractivity contribution is 0.139. The molecule has 1 aliphatic carbocycles. The molecular formula is C13H27N. The predicted molar refractivity (Wildman–Crippen MR) is 63.6 cm³/mol. The summed E-state index contributed by atoms with van der Waals surface area (Å²) in [5.74, 6) is 0. The number of rotatable bonds is 5. The maximum absolute atomic E-state index is 2.63. The highest BCUT2D eigenvalue weighted by atomic mass is 15.2. The fourth-order valence-electron chi connectivity index (χ4n) is 2.55. The van der Waals surface area contributed by atoms with Gasteiger partial charge in [-0.2, -0.15) is 0 Å². The van der Waals surface area contributed by atoms with Gasteiger partial charge in [-0.3, -0.25) is 0 Å². The van der Waals surface area contributed by atoms with E-state index in [1.54, 1.807) is 0 Å². The van der Waals surface area contributed by atoms with Gasteiger partial charge in [0.25, 0.3) is 0 Å². The first-order valence-electron chi connectivity index (χ1n) is 6.47. The maximum Gasteiger partial charge on any atom is 0.00950 e. The van der Waals surface area contributed by atoms with Crippen molar-refractivity contribution in [3.05, 3.63) is 0 Å². The molecule has 1 unspecified atom stereocenters. The van der Waals surface area contributed by atoms with Crippen molar-refractivity contribution in [3.63, 3.8) is 0 Å². The zero-order valence-electron chi connectivity index (χ0n) is 10.3. The Kier molecular flexibility index (Phi) is 5.54. The van der Waals surface area contributed by atoms with Gasteiger partial charge in [0.1, 0.15) is 0 Å². The average molecular weight is 197 g/mol. The van der Waals surface area contributed by atoms with E-state index in [1.807, 2.05) is 0 Å². The molecule has 0 aromatic carbocycles. The Morgan fingerprint density at radius 2 is 1.86 bits per heavy atom. The fraction of sp³-hybridized carbons (Fsp3) is 1.00. The minimum atomic E-state index is 0.790. The molecule has 0 radical (unpaired) electrons. The quantitative estimate of drug-likeness (QED) is 0.647. The molecule has 1 saturated carbocycles. The third-order valence-corrected chi connectivity index (χ3v) is 3.82. The second-order valence-corrected chi connectivity index (χ2v) is 4.95. The van der Waals surface area contributed by atoms with Crippen LogP contribution in [0.5, 0.6) is 0 Å². The predicted octanol–water partition coefficient (Wildman–Crippen LogP) is 3.83. The molecule has 1 heteroatoms. The second kappa shape index (κ2) is 6.44. The lowest BCUT2D eigenvalue weighted by Gasteiger charge is -2.35. The van der Waals surface area contributed by atoms with Gasteiger partial charge < -0.3 is 4.90 Å². The summed E-state index contributed by atoms with van der Waals surface area (Å²) >= 11 is 0. The summed E-state index contributed by atoms with van der Waals surface area (Å²) in [4.78, 5) is 2.63. The summed E-state index contributed by atoms with van der Waals surface area (Å²) in [7, 11) is 2.33. The Morgan fingerprint density at radius 1 is 1.21 bits per heavy atom. The Hall–Kier alpha value is -0.0400. The van der Waals surface area contributed by atoms with Gasteiger partial charge in [0.15, 0.2) is 0 Å². The molecule has 0 amide bonds. The van der Waals surface area contributed by atoms with Crippen LogP contribution in [0.15, 0.2) is 0 Å². The topological polar surface area (TPSA) is 3.24 Å². The molecule has 0 heterocycles. The Bertz CT molecular complexity index is 138. The van der Waals surface area contributed by atoms with E-state index < -0.39 is 0 Å². The molecule has 0 aromatic rings. The monoisotopic (exact) mass is 197 g/mol. The lowest BCUT2D eigenvalue weighted by atomic mass is 9.93. The van der Waals surface area contributed by atoms with Crippen LogP contribution in [0.3, 0.4) is 0 Å². The highest BCUT2D eigenvalue weighted by molar-refractivity contribution is 4.77. The standard InChI is InChI=1S/C13H27N/c1-4-5-9-12(2)14(3)13-10-7-6-8-11-13/h12-13H,4-11H2,1-3H3. The van der Waals surface area contributed by atoms with E-state index in [1.165, 1.54) is 51.4 Å². The van der Waals surface area contributed by atoms with E-state index in [2.05, 4.69) is 25.8 Å². The van der Waals surface area contributed by atoms with Crippen LogP contribution in [0.25, 0.3) is 0 Å². The second-order valence-electron chi connectivity index (χ2n) is 4.95. The maximum atomic E-state index is 2.63. The van der Waals surface area contributed by atoms with Gasteiger partial charge in [0.2, 0.25) is 0 Å². The van der Waals surface area contributed by atoms with Crippen molar-refractivity contribution in [2.24, 2.45) is 0 Å². The van der Waals surface area contributed by atoms with Gasteiger partial charge in [0, 0.05) is 12.1 Å². The van der Waals surface area contributed by atoms with E-state index in [0.717, 1.165) is 12.1 Å². The van der Waals surface area contributed by atoms with Crippen LogP contribution >= 0.6 is 0 Å². The van der Waals surface area contributed by atoms with Crippen molar-refractivity contribution in [1.82, 2.24) is 4.90 Å². The van der Waals surface area contributed by atoms with Crippen LogP contribution < -0.4 is 0 Å². The molecule has 0 aliphatic heterocycles. The van der Waals surface area contributed by atoms with E-state index in [0.29, 0.717) is 0 Å². The van der Waals surface area contributed by atoms with Gasteiger partial charge in [0.05, 0.1) is 0 Å². The molecule has 14 heavy (non-hydrogen) atoms. The van der Waals surface area contributed by atoms with Gasteiger partial charge in [-0.1, -0.05) is 39.0 Å². The summed E-state index contributed by atoms with van der Waals surface area (Å²) in [5, 5.41) is 0. The number of hydrogen-bond donors (Lipinski definition) is 0. The van der Waals surface area contributed by atoms with Crippen molar-refractivity contribution in [2.45, 2.75) is 77.3 Å². The fourth-order valence-corrected chi connectivity index (χ4v) is 2.55. The van der Waals surface area contributed by atoms with E-state index in [4.69, 9.17) is 0 Å². The highest BCUT2D eigenvalue weighted by Gasteiger charge is 2.21. The van der Waals surface area contributed by atoms with Crippen molar-refractivity contribution in [1.29, 1.82) is 0 Å². The van der Waals surface area contributed by atoms with Crippen LogP contribution in [-0.2, 0) is 0 Å². The molecule has 0 aromatic heterocycles. The molecule has 1 atom stereocenters. The van der Waals surface area contributed by atoms with Gasteiger partial charge in [-0.05, 0) is 33.2 Å². The van der Waals surface area contributed by atoms with Crippen molar-refractivity contribution < 1.29 is 0 Å². The summed E-state index contributed by atoms with van der Waals surface area (Å²) in [6.07, 6.45) is 11.4. The van der Waals surface area contributed by atoms with Crippen LogP contribution in [-0.4, -0.2) is 24.0 Å². The summed E-state index contributed by atoms with van der Waals surface area (Å²) in [6, 6.07) is 1.67. The van der Waals surface area contributed by atoms with Gasteiger partial charge in [-0.15, -0.1) is 0 Å². The zero-order valence-corrected chi connectivity index (χ0v) is 10.3. The number of unbranched alkanes of at least 4 members (excludes halogenated alkanes) is 1. The molecule has 1 rings (SSSR count). The SMILES string of the molecule is CCCCC(C)N(C)C1CCCCC1. The largest absolute Gasteiger partial charge is 0.301 e. The van der Waals surface area contributed by atoms with Crippen molar-refractivity contribution >= 4 is 0 Å². The lowest BCUT2D eigenvalue weighted by Crippen LogP contribution is -2.39.